The Morgan fingerprint density at radius 1 is 0.689 bits per heavy atom. The van der Waals surface area contributed by atoms with E-state index in [9.17, 15) is 72.5 Å². The highest BCUT2D eigenvalue weighted by atomic mass is 32.2. The highest BCUT2D eigenvalue weighted by Gasteiger charge is 2.44. The number of primary amides is 1. The van der Waals surface area contributed by atoms with E-state index in [1.54, 1.807) is 82.8 Å². The molecule has 0 saturated carbocycles. The number of aliphatic hydroxyl groups is 1. The number of aliphatic carboxylic acids is 1. The van der Waals surface area contributed by atoms with Crippen LogP contribution in [-0.4, -0.2) is 203 Å². The highest BCUT2D eigenvalue weighted by Crippen LogP contribution is 2.34. The van der Waals surface area contributed by atoms with Gasteiger partial charge < -0.3 is 71.4 Å². The topological polar surface area (TPSA) is 386 Å². The lowest BCUT2D eigenvalue weighted by atomic mass is 9.83. The molecular formula is C78H123N9O18S. The SMILES string of the molecule is CCC(=O)NC(CSC(CC(=O)NCCCCCC(=O)N[C@@H](C(=O)C[C@@H](CCCNC(N)=O)C(=O)Nc1ccc(COC(=O)N(C)[C@@H](C(=O)C[C@@H](C(=O)N(C)[C@@H]([C@@H](C)CC)[C@@H](CC(=O)N2CCC[C@H]2[C@@H](OC)[C@@H](C)C(=O)C[C@H](C)[C@@H](O)c2ccccc2)OC)C(C)C)C(C)C)cc1)C(C)C)C(=O)O)C(C)=O. The molecule has 0 radical (unpaired) electrons. The Labute approximate surface area is 631 Å². The van der Waals surface area contributed by atoms with Gasteiger partial charge in [-0.2, -0.15) is 0 Å². The summed E-state index contributed by atoms with van der Waals surface area (Å²) in [6.45, 7) is 22.0. The molecule has 2 unspecified atom stereocenters. The third-order valence-corrected chi connectivity index (χ3v) is 21.5. The fourth-order valence-electron chi connectivity index (χ4n) is 13.6. The molecule has 1 fully saturated rings. The largest absolute Gasteiger partial charge is 0.480 e. The van der Waals surface area contributed by atoms with Crippen LogP contribution < -0.4 is 32.3 Å². The Morgan fingerprint density at radius 2 is 1.34 bits per heavy atom. The molecule has 0 bridgehead atoms. The van der Waals surface area contributed by atoms with Gasteiger partial charge in [-0.05, 0) is 98.3 Å². The summed E-state index contributed by atoms with van der Waals surface area (Å²) in [4.78, 5) is 177. The quantitative estimate of drug-likeness (QED) is 0.0287. The van der Waals surface area contributed by atoms with Crippen molar-refractivity contribution in [3.05, 3.63) is 65.7 Å². The third kappa shape index (κ3) is 30.1. The number of nitrogens with one attached hydrogen (secondary N) is 5. The molecule has 0 aromatic heterocycles. The van der Waals surface area contributed by atoms with Crippen molar-refractivity contribution in [1.82, 2.24) is 36.0 Å². The third-order valence-electron chi connectivity index (χ3n) is 20.2. The molecule has 28 heteroatoms. The van der Waals surface area contributed by atoms with Crippen LogP contribution in [0.1, 0.15) is 197 Å². The molecule has 9 N–H and O–H groups in total. The number of methoxy groups -OCH3 is 2. The Bertz CT molecular complexity index is 3190. The fourth-order valence-corrected chi connectivity index (χ4v) is 14.8. The number of carbonyl (C=O) groups excluding carboxylic acids is 12. The number of urea groups is 1. The normalized spacial score (nSPS) is 16.6. The summed E-state index contributed by atoms with van der Waals surface area (Å²) in [6, 6.07) is 11.1. The monoisotopic (exact) mass is 1510 g/mol. The van der Waals surface area contributed by atoms with Crippen LogP contribution in [0.5, 0.6) is 0 Å². The highest BCUT2D eigenvalue weighted by molar-refractivity contribution is 8.00. The number of hydrogen-bond acceptors (Lipinski definition) is 18. The zero-order valence-corrected chi connectivity index (χ0v) is 66.2. The predicted molar refractivity (Wildman–Crippen MR) is 405 cm³/mol. The van der Waals surface area contributed by atoms with Gasteiger partial charge >= 0.3 is 18.1 Å². The Kier molecular flexibility index (Phi) is 41.0. The first-order chi connectivity index (χ1) is 50.0. The number of amides is 9. The van der Waals surface area contributed by atoms with Gasteiger partial charge in [0, 0.05) is 116 Å². The van der Waals surface area contributed by atoms with Crippen molar-refractivity contribution in [3.63, 3.8) is 0 Å². The molecule has 0 spiro atoms. The number of benzene rings is 2. The molecule has 3 rings (SSSR count). The van der Waals surface area contributed by atoms with E-state index in [1.807, 2.05) is 71.9 Å². The van der Waals surface area contributed by atoms with Gasteiger partial charge in [-0.15, -0.1) is 11.8 Å². The minimum atomic E-state index is -1.24. The second-order valence-corrected chi connectivity index (χ2v) is 30.6. The number of carboxylic acids is 1. The van der Waals surface area contributed by atoms with Crippen molar-refractivity contribution in [2.24, 2.45) is 53.1 Å². The van der Waals surface area contributed by atoms with Gasteiger partial charge in [-0.25, -0.2) is 9.59 Å². The van der Waals surface area contributed by atoms with Gasteiger partial charge in [0.1, 0.15) is 17.6 Å². The molecule has 27 nitrogen and oxygen atoms in total. The zero-order chi connectivity index (χ0) is 79.7. The fraction of sp³-hybridized carbons (Fsp3) is 0.679. The lowest BCUT2D eigenvalue weighted by molar-refractivity contribution is -0.149. The maximum atomic E-state index is 14.9. The van der Waals surface area contributed by atoms with E-state index < -0.39 is 113 Å². The number of anilines is 1. The molecular weight excluding hydrogens is 1380 g/mol. The lowest BCUT2D eigenvalue weighted by Gasteiger charge is -2.41. The molecule has 1 saturated heterocycles. The second kappa shape index (κ2) is 47.1. The van der Waals surface area contributed by atoms with Crippen LogP contribution in [0.2, 0.25) is 0 Å². The smallest absolute Gasteiger partial charge is 0.410 e. The Balaban J connectivity index is 1.63. The van der Waals surface area contributed by atoms with Crippen molar-refractivity contribution >= 4 is 94.1 Å². The summed E-state index contributed by atoms with van der Waals surface area (Å²) in [5.41, 5.74) is 6.91. The molecule has 1 aliphatic heterocycles. The van der Waals surface area contributed by atoms with Gasteiger partial charge in [0.15, 0.2) is 17.3 Å². The summed E-state index contributed by atoms with van der Waals surface area (Å²) < 4.78 is 17.9. The van der Waals surface area contributed by atoms with E-state index >= 15 is 0 Å². The van der Waals surface area contributed by atoms with Gasteiger partial charge in [0.2, 0.25) is 35.4 Å². The number of Topliss-reactive ketones (excluding diaryl/α,β-unsaturated/α-hetero) is 4. The van der Waals surface area contributed by atoms with Gasteiger partial charge in [-0.1, -0.05) is 131 Å². The van der Waals surface area contributed by atoms with Crippen LogP contribution in [-0.2, 0) is 73.6 Å². The van der Waals surface area contributed by atoms with E-state index in [4.69, 9.17) is 19.9 Å². The minimum absolute atomic E-state index is 0.0150. The number of nitrogens with two attached hydrogens (primary N) is 1. The summed E-state index contributed by atoms with van der Waals surface area (Å²) in [5.74, 6) is -8.55. The summed E-state index contributed by atoms with van der Waals surface area (Å²) in [7, 11) is 6.21. The number of rotatable bonds is 50. The molecule has 2 aromatic carbocycles. The molecule has 0 aliphatic carbocycles. The maximum Gasteiger partial charge on any atom is 0.410 e. The van der Waals surface area contributed by atoms with Crippen molar-refractivity contribution < 1.29 is 86.8 Å². The molecule has 1 heterocycles. The van der Waals surface area contributed by atoms with Crippen molar-refractivity contribution in [2.45, 2.75) is 240 Å². The summed E-state index contributed by atoms with van der Waals surface area (Å²) >= 11 is 0.887. The Morgan fingerprint density at radius 3 is 1.91 bits per heavy atom. The predicted octanol–water partition coefficient (Wildman–Crippen LogP) is 8.60. The van der Waals surface area contributed by atoms with Crippen LogP contribution in [0.15, 0.2) is 54.6 Å². The van der Waals surface area contributed by atoms with E-state index in [0.717, 1.165) is 17.3 Å². The number of likely N-dealkylation sites (N-methyl/N-ethyl adjacent to an activating group) is 2. The maximum absolute atomic E-state index is 14.9. The van der Waals surface area contributed by atoms with Crippen molar-refractivity contribution in [3.8, 4) is 0 Å². The summed E-state index contributed by atoms with van der Waals surface area (Å²) in [6.07, 6.45) is 0.291. The van der Waals surface area contributed by atoms with E-state index in [-0.39, 0.29) is 148 Å². The lowest BCUT2D eigenvalue weighted by Crippen LogP contribution is -2.54. The number of hydrogen-bond donors (Lipinski definition) is 8. The van der Waals surface area contributed by atoms with Crippen LogP contribution in [0.25, 0.3) is 0 Å². The van der Waals surface area contributed by atoms with Crippen LogP contribution in [0.4, 0.5) is 15.3 Å². The van der Waals surface area contributed by atoms with E-state index in [1.165, 1.54) is 26.0 Å². The molecule has 14 atom stereocenters. The number of carboxylic acid groups (broad SMARTS) is 1. The standard InChI is InChI=1S/C78H123N9O18S/c1-17-49(9)71(63(103-15)42-68(95)87-38-26-30-59(87)73(104-16)51(11)60(89)39-50(10)72(96)54-27-21-19-22-28-54)85(13)75(98)57(46(3)4)41-62(91)70(48(7)8)86(14)78(102)105-44-53-32-34-56(35-33-53)82-74(97)55(29-25-37-81-77(79)101)40-61(90)69(47(5)6)84-66(93)31-23-20-24-36-80-67(94)43-64(76(99)100)106-45-58(52(12)88)83-65(92)18-2/h19,21-22,27-28,32-35,46-51,55,57-59,63-64,69-73,96H,17-18,20,23-26,29-31,36-45H2,1-16H3,(H,80,94)(H,82,97)(H,83,92)(H,84,93)(H,99,100)(H3,79,81,101)/t49-,50-,51-,55+,57+,58?,59-,63+,64?,69+,70+,71-,72+,73-/m0/s1. The van der Waals surface area contributed by atoms with Gasteiger partial charge in [0.25, 0.3) is 0 Å². The number of unbranched alkanes of at least 4 members (excludes halogenated alkanes) is 2. The van der Waals surface area contributed by atoms with Crippen LogP contribution >= 0.6 is 11.8 Å². The minimum Gasteiger partial charge on any atom is -0.480 e. The van der Waals surface area contributed by atoms with Crippen molar-refractivity contribution in [1.29, 1.82) is 0 Å². The molecule has 594 valence electrons. The first-order valence-corrected chi connectivity index (χ1v) is 38.5. The first-order valence-electron chi connectivity index (χ1n) is 37.5. The van der Waals surface area contributed by atoms with Crippen LogP contribution in [0, 0.1) is 47.3 Å². The number of likely N-dealkylation sites (tertiary alicyclic amines) is 1. The number of nitrogens with zero attached hydrogens (tertiary/aromatic N) is 3. The zero-order valence-electron chi connectivity index (χ0n) is 65.4. The number of thioether (sulfide) groups is 1. The van der Waals surface area contributed by atoms with E-state index in [2.05, 4.69) is 26.6 Å². The molecule has 1 aliphatic rings. The molecule has 106 heavy (non-hydrogen) atoms. The van der Waals surface area contributed by atoms with Gasteiger partial charge in [-0.3, -0.25) is 52.7 Å². The average Bonchev–Trinajstić information content (AvgIpc) is 1.46. The van der Waals surface area contributed by atoms with Gasteiger partial charge in [0.05, 0.1) is 54.9 Å². The van der Waals surface area contributed by atoms with Crippen molar-refractivity contribution in [2.75, 3.05) is 59.0 Å². The number of ketones is 4. The second-order valence-electron chi connectivity index (χ2n) is 29.4. The first kappa shape index (κ1) is 92.4. The van der Waals surface area contributed by atoms with E-state index in [0.29, 0.717) is 56.3 Å². The Hall–Kier alpha value is -7.82. The molecule has 9 amide bonds. The number of carbonyl (C=O) groups is 13. The van der Waals surface area contributed by atoms with Crippen LogP contribution in [0.3, 0.4) is 0 Å². The average molecular weight is 1510 g/mol. The molecule has 2 aromatic rings. The number of ether oxygens (including phenoxy) is 3. The number of aliphatic hydroxyl groups excluding tert-OH is 1. The summed E-state index contributed by atoms with van der Waals surface area (Å²) in [5, 5.41) is 33.0.